The van der Waals surface area contributed by atoms with Gasteiger partial charge in [0.25, 0.3) is 0 Å². The summed E-state index contributed by atoms with van der Waals surface area (Å²) in [7, 11) is 0. The Hall–Kier alpha value is -0.300. The minimum absolute atomic E-state index is 0.733. The second kappa shape index (κ2) is 3.02. The van der Waals surface area contributed by atoms with Crippen molar-refractivity contribution in [1.82, 2.24) is 0 Å². The molecular weight excluding hydrogens is 110 g/mol. The molecule has 0 radical (unpaired) electrons. The molecule has 0 saturated heterocycles. The van der Waals surface area contributed by atoms with E-state index in [1.165, 1.54) is 24.8 Å². The Morgan fingerprint density at radius 1 is 1.67 bits per heavy atom. The van der Waals surface area contributed by atoms with Crippen LogP contribution in [0.4, 0.5) is 0 Å². The molecule has 1 aliphatic rings. The van der Waals surface area contributed by atoms with Gasteiger partial charge in [0.1, 0.15) is 0 Å². The van der Waals surface area contributed by atoms with Gasteiger partial charge in [0.15, 0.2) is 0 Å². The normalized spacial score (nSPS) is 21.8. The summed E-state index contributed by atoms with van der Waals surface area (Å²) in [5, 5.41) is 0. The number of hydrogen-bond donors (Lipinski definition) is 1. The highest BCUT2D eigenvalue weighted by atomic mass is 14.5. The van der Waals surface area contributed by atoms with Crippen molar-refractivity contribution in [3.05, 3.63) is 11.6 Å². The molecule has 1 fully saturated rings. The first-order valence-corrected chi connectivity index (χ1v) is 3.70. The van der Waals surface area contributed by atoms with Crippen molar-refractivity contribution in [1.29, 1.82) is 0 Å². The zero-order valence-electron chi connectivity index (χ0n) is 6.06. The fraction of sp³-hybridized carbons (Fsp3) is 0.750. The van der Waals surface area contributed by atoms with Gasteiger partial charge < -0.3 is 5.73 Å². The highest BCUT2D eigenvalue weighted by Crippen LogP contribution is 2.28. The second-order valence-electron chi connectivity index (χ2n) is 2.91. The second-order valence-corrected chi connectivity index (χ2v) is 2.91. The van der Waals surface area contributed by atoms with Crippen molar-refractivity contribution in [2.24, 2.45) is 11.7 Å². The highest BCUT2D eigenvalue weighted by molar-refractivity contribution is 5.04. The molecule has 1 nitrogen and oxygen atoms in total. The average Bonchev–Trinajstić information content (AvgIpc) is 1.78. The first-order valence-electron chi connectivity index (χ1n) is 3.70. The molecule has 0 unspecified atom stereocenters. The predicted molar refractivity (Wildman–Crippen MR) is 40.2 cm³/mol. The summed E-state index contributed by atoms with van der Waals surface area (Å²) >= 11 is 0. The van der Waals surface area contributed by atoms with E-state index in [4.69, 9.17) is 5.73 Å². The third kappa shape index (κ3) is 1.83. The standard InChI is InChI=1S/C8H15N/c1-7(6-9)5-8-3-2-4-8/h5,8H,2-4,6,9H2,1H3/b7-5+. The Bertz CT molecular complexity index is 112. The van der Waals surface area contributed by atoms with Crippen molar-refractivity contribution in [2.45, 2.75) is 26.2 Å². The molecule has 0 bridgehead atoms. The highest BCUT2D eigenvalue weighted by Gasteiger charge is 2.13. The van der Waals surface area contributed by atoms with Crippen LogP contribution in [-0.4, -0.2) is 6.54 Å². The Labute approximate surface area is 56.9 Å². The molecule has 52 valence electrons. The summed E-state index contributed by atoms with van der Waals surface area (Å²) in [6, 6.07) is 0. The van der Waals surface area contributed by atoms with Crippen molar-refractivity contribution in [3.8, 4) is 0 Å². The van der Waals surface area contributed by atoms with E-state index < -0.39 is 0 Å². The van der Waals surface area contributed by atoms with Gasteiger partial charge in [-0.15, -0.1) is 0 Å². The monoisotopic (exact) mass is 125 g/mol. The van der Waals surface area contributed by atoms with Gasteiger partial charge in [0.05, 0.1) is 0 Å². The van der Waals surface area contributed by atoms with E-state index in [2.05, 4.69) is 13.0 Å². The molecule has 1 heteroatoms. The van der Waals surface area contributed by atoms with Crippen LogP contribution in [-0.2, 0) is 0 Å². The van der Waals surface area contributed by atoms with Crippen LogP contribution in [0.3, 0.4) is 0 Å². The molecule has 0 atom stereocenters. The van der Waals surface area contributed by atoms with Gasteiger partial charge in [-0.05, 0) is 25.7 Å². The van der Waals surface area contributed by atoms with Crippen LogP contribution in [0, 0.1) is 5.92 Å². The first-order chi connectivity index (χ1) is 4.33. The molecule has 0 amide bonds. The van der Waals surface area contributed by atoms with E-state index >= 15 is 0 Å². The summed E-state index contributed by atoms with van der Waals surface area (Å²) in [6.07, 6.45) is 6.51. The van der Waals surface area contributed by atoms with Crippen LogP contribution in [0.2, 0.25) is 0 Å². The predicted octanol–water partition coefficient (Wildman–Crippen LogP) is 1.69. The van der Waals surface area contributed by atoms with E-state index in [0.29, 0.717) is 0 Å². The molecule has 0 spiro atoms. The van der Waals surface area contributed by atoms with Crippen molar-refractivity contribution < 1.29 is 0 Å². The van der Waals surface area contributed by atoms with Gasteiger partial charge >= 0.3 is 0 Å². The van der Waals surface area contributed by atoms with E-state index in [0.717, 1.165) is 12.5 Å². The lowest BCUT2D eigenvalue weighted by Gasteiger charge is -2.22. The van der Waals surface area contributed by atoms with Crippen molar-refractivity contribution in [3.63, 3.8) is 0 Å². The number of allylic oxidation sites excluding steroid dienone is 1. The fourth-order valence-corrected chi connectivity index (χ4v) is 1.08. The topological polar surface area (TPSA) is 26.0 Å². The molecule has 1 saturated carbocycles. The van der Waals surface area contributed by atoms with Crippen LogP contribution in [0.15, 0.2) is 11.6 Å². The first kappa shape index (κ1) is 6.81. The summed E-state index contributed by atoms with van der Waals surface area (Å²) < 4.78 is 0. The lowest BCUT2D eigenvalue weighted by molar-refractivity contribution is 0.386. The van der Waals surface area contributed by atoms with Gasteiger partial charge in [0.2, 0.25) is 0 Å². The minimum atomic E-state index is 0.733. The number of hydrogen-bond acceptors (Lipinski definition) is 1. The summed E-state index contributed by atoms with van der Waals surface area (Å²) in [5.74, 6) is 0.869. The number of rotatable bonds is 2. The third-order valence-corrected chi connectivity index (χ3v) is 1.99. The van der Waals surface area contributed by atoms with Crippen LogP contribution < -0.4 is 5.73 Å². The zero-order chi connectivity index (χ0) is 6.69. The molecule has 0 heterocycles. The fourth-order valence-electron chi connectivity index (χ4n) is 1.08. The molecule has 1 rings (SSSR count). The molecule has 9 heavy (non-hydrogen) atoms. The molecule has 1 aliphatic carbocycles. The van der Waals surface area contributed by atoms with Gasteiger partial charge in [0, 0.05) is 6.54 Å². The molecule has 0 aromatic carbocycles. The summed E-state index contributed by atoms with van der Waals surface area (Å²) in [5.41, 5.74) is 6.78. The lowest BCUT2D eigenvalue weighted by atomic mass is 9.84. The largest absolute Gasteiger partial charge is 0.327 e. The number of nitrogens with two attached hydrogens (primary N) is 1. The van der Waals surface area contributed by atoms with Gasteiger partial charge in [-0.25, -0.2) is 0 Å². The molecule has 0 aliphatic heterocycles. The molecule has 0 aromatic heterocycles. The Balaban J connectivity index is 2.27. The SMILES string of the molecule is C/C(=C\C1CCC1)CN. The molecular formula is C8H15N. The van der Waals surface area contributed by atoms with Crippen LogP contribution in [0.1, 0.15) is 26.2 Å². The summed E-state index contributed by atoms with van der Waals surface area (Å²) in [4.78, 5) is 0. The summed E-state index contributed by atoms with van der Waals surface area (Å²) in [6.45, 7) is 2.84. The maximum atomic E-state index is 5.43. The quantitative estimate of drug-likeness (QED) is 0.558. The smallest absolute Gasteiger partial charge is 0.0134 e. The Kier molecular flexibility index (Phi) is 2.29. The van der Waals surface area contributed by atoms with Gasteiger partial charge in [-0.1, -0.05) is 18.1 Å². The van der Waals surface area contributed by atoms with Crippen LogP contribution in [0.25, 0.3) is 0 Å². The lowest BCUT2D eigenvalue weighted by Crippen LogP contribution is -2.10. The molecule has 0 aromatic rings. The van der Waals surface area contributed by atoms with E-state index in [-0.39, 0.29) is 0 Å². The van der Waals surface area contributed by atoms with Crippen molar-refractivity contribution in [2.75, 3.05) is 6.54 Å². The van der Waals surface area contributed by atoms with Gasteiger partial charge in [-0.2, -0.15) is 0 Å². The van der Waals surface area contributed by atoms with Crippen LogP contribution in [0.5, 0.6) is 0 Å². The van der Waals surface area contributed by atoms with Crippen molar-refractivity contribution >= 4 is 0 Å². The average molecular weight is 125 g/mol. The van der Waals surface area contributed by atoms with E-state index in [1.54, 1.807) is 0 Å². The van der Waals surface area contributed by atoms with E-state index in [9.17, 15) is 0 Å². The Morgan fingerprint density at radius 3 is 2.67 bits per heavy atom. The maximum absolute atomic E-state index is 5.43. The maximum Gasteiger partial charge on any atom is 0.0134 e. The van der Waals surface area contributed by atoms with E-state index in [1.807, 2.05) is 0 Å². The third-order valence-electron chi connectivity index (χ3n) is 1.99. The molecule has 2 N–H and O–H groups in total. The minimum Gasteiger partial charge on any atom is -0.327 e. The Morgan fingerprint density at radius 2 is 2.33 bits per heavy atom. The van der Waals surface area contributed by atoms with Gasteiger partial charge in [-0.3, -0.25) is 0 Å². The zero-order valence-corrected chi connectivity index (χ0v) is 6.06. The van der Waals surface area contributed by atoms with Crippen LogP contribution >= 0.6 is 0 Å².